The SMILES string of the molecule is O=C1NC(=O)N(Cc2cccc3c(F)cccc23)NC1O. The second-order valence-electron chi connectivity index (χ2n) is 4.66. The maximum absolute atomic E-state index is 13.7. The molecule has 3 rings (SSSR count). The number of rotatable bonds is 2. The Kier molecular flexibility index (Phi) is 3.28. The fourth-order valence-corrected chi connectivity index (χ4v) is 2.27. The van der Waals surface area contributed by atoms with Gasteiger partial charge >= 0.3 is 6.03 Å². The van der Waals surface area contributed by atoms with Crippen molar-refractivity contribution in [2.45, 2.75) is 12.8 Å². The first-order valence-corrected chi connectivity index (χ1v) is 6.29. The molecular formula is C14H12FN3O3. The molecule has 3 amide bonds. The van der Waals surface area contributed by atoms with Gasteiger partial charge in [0.25, 0.3) is 5.91 Å². The predicted molar refractivity (Wildman–Crippen MR) is 72.1 cm³/mol. The third-order valence-corrected chi connectivity index (χ3v) is 3.29. The monoisotopic (exact) mass is 289 g/mol. The van der Waals surface area contributed by atoms with Crippen LogP contribution in [0.2, 0.25) is 0 Å². The molecule has 0 aliphatic carbocycles. The fourth-order valence-electron chi connectivity index (χ4n) is 2.27. The third kappa shape index (κ3) is 2.44. The minimum Gasteiger partial charge on any atom is -0.369 e. The largest absolute Gasteiger partial charge is 0.369 e. The number of nitrogens with zero attached hydrogens (tertiary/aromatic N) is 1. The maximum atomic E-state index is 13.7. The molecule has 0 aromatic heterocycles. The van der Waals surface area contributed by atoms with Crippen molar-refractivity contribution in [3.63, 3.8) is 0 Å². The third-order valence-electron chi connectivity index (χ3n) is 3.29. The summed E-state index contributed by atoms with van der Waals surface area (Å²) in [6.07, 6.45) is -1.49. The van der Waals surface area contributed by atoms with E-state index in [2.05, 4.69) is 5.43 Å². The van der Waals surface area contributed by atoms with E-state index in [9.17, 15) is 19.1 Å². The summed E-state index contributed by atoms with van der Waals surface area (Å²) in [5.41, 5.74) is 3.07. The van der Waals surface area contributed by atoms with Gasteiger partial charge in [-0.3, -0.25) is 15.1 Å². The first kappa shape index (κ1) is 13.5. The number of aliphatic hydroxyl groups excluding tert-OH is 1. The molecule has 2 aromatic carbocycles. The molecule has 1 aliphatic rings. The molecule has 3 N–H and O–H groups in total. The zero-order valence-corrected chi connectivity index (χ0v) is 10.8. The number of halogens is 1. The van der Waals surface area contributed by atoms with Gasteiger partial charge < -0.3 is 5.11 Å². The van der Waals surface area contributed by atoms with Gasteiger partial charge in [0, 0.05) is 5.39 Å². The number of benzene rings is 2. The van der Waals surface area contributed by atoms with Crippen molar-refractivity contribution >= 4 is 22.7 Å². The Morgan fingerprint density at radius 2 is 1.86 bits per heavy atom. The lowest BCUT2D eigenvalue weighted by Crippen LogP contribution is -2.63. The van der Waals surface area contributed by atoms with Gasteiger partial charge in [-0.1, -0.05) is 30.3 Å². The van der Waals surface area contributed by atoms with Crippen molar-refractivity contribution in [2.24, 2.45) is 0 Å². The predicted octanol–water partition coefficient (Wildman–Crippen LogP) is 0.854. The highest BCUT2D eigenvalue weighted by Gasteiger charge is 2.30. The summed E-state index contributed by atoms with van der Waals surface area (Å²) in [4.78, 5) is 22.8. The molecule has 1 aliphatic heterocycles. The molecule has 1 fully saturated rings. The van der Waals surface area contributed by atoms with Gasteiger partial charge in [-0.2, -0.15) is 5.43 Å². The van der Waals surface area contributed by atoms with E-state index in [1.807, 2.05) is 5.32 Å². The Hall–Kier alpha value is -2.51. The number of aliphatic hydroxyl groups is 1. The Bertz CT molecular complexity index is 734. The lowest BCUT2D eigenvalue weighted by molar-refractivity contribution is -0.135. The van der Waals surface area contributed by atoms with Crippen molar-refractivity contribution in [3.8, 4) is 0 Å². The number of fused-ring (bicyclic) bond motifs is 1. The van der Waals surface area contributed by atoms with Crippen LogP contribution in [-0.4, -0.2) is 28.3 Å². The van der Waals surface area contributed by atoms with Crippen molar-refractivity contribution in [1.82, 2.24) is 15.8 Å². The second kappa shape index (κ2) is 5.12. The molecule has 7 heteroatoms. The Balaban J connectivity index is 1.93. The Morgan fingerprint density at radius 3 is 2.67 bits per heavy atom. The minimum atomic E-state index is -1.49. The van der Waals surface area contributed by atoms with Crippen LogP contribution in [0.25, 0.3) is 10.8 Å². The van der Waals surface area contributed by atoms with E-state index in [1.165, 1.54) is 6.07 Å². The van der Waals surface area contributed by atoms with Gasteiger partial charge in [0.15, 0.2) is 0 Å². The number of carbonyl (C=O) groups excluding carboxylic acids is 2. The van der Waals surface area contributed by atoms with E-state index in [4.69, 9.17) is 0 Å². The van der Waals surface area contributed by atoms with Gasteiger partial charge in [-0.05, 0) is 17.0 Å². The van der Waals surface area contributed by atoms with Crippen LogP contribution in [0.4, 0.5) is 9.18 Å². The van der Waals surface area contributed by atoms with Crippen LogP contribution in [0.15, 0.2) is 36.4 Å². The molecule has 0 bridgehead atoms. The fraction of sp³-hybridized carbons (Fsp3) is 0.143. The summed E-state index contributed by atoms with van der Waals surface area (Å²) in [5, 5.41) is 13.6. The second-order valence-corrected chi connectivity index (χ2v) is 4.66. The number of hydrogen-bond acceptors (Lipinski definition) is 4. The molecule has 108 valence electrons. The van der Waals surface area contributed by atoms with Gasteiger partial charge in [0.2, 0.25) is 6.23 Å². The quantitative estimate of drug-likeness (QED) is 0.765. The minimum absolute atomic E-state index is 0.0803. The molecule has 21 heavy (non-hydrogen) atoms. The first-order valence-electron chi connectivity index (χ1n) is 6.29. The van der Waals surface area contributed by atoms with Crippen LogP contribution in [0.5, 0.6) is 0 Å². The number of hydrazine groups is 1. The van der Waals surface area contributed by atoms with Crippen LogP contribution in [0, 0.1) is 5.82 Å². The van der Waals surface area contributed by atoms with Gasteiger partial charge in [-0.15, -0.1) is 0 Å². The van der Waals surface area contributed by atoms with E-state index < -0.39 is 18.2 Å². The molecule has 1 atom stereocenters. The molecule has 2 aromatic rings. The zero-order valence-electron chi connectivity index (χ0n) is 10.8. The smallest absolute Gasteiger partial charge is 0.338 e. The molecule has 1 heterocycles. The molecule has 0 saturated carbocycles. The van der Waals surface area contributed by atoms with E-state index in [-0.39, 0.29) is 12.4 Å². The highest BCUT2D eigenvalue weighted by molar-refractivity contribution is 5.98. The molecule has 1 unspecified atom stereocenters. The highest BCUT2D eigenvalue weighted by Crippen LogP contribution is 2.22. The van der Waals surface area contributed by atoms with Crippen LogP contribution in [-0.2, 0) is 11.3 Å². The summed E-state index contributed by atoms with van der Waals surface area (Å²) in [6.45, 7) is 0.0803. The van der Waals surface area contributed by atoms with Crippen molar-refractivity contribution in [3.05, 3.63) is 47.8 Å². The standard InChI is InChI=1S/C14H12FN3O3/c15-11-6-2-4-9-8(3-1-5-10(9)11)7-18-14(21)16-12(19)13(20)17-18/h1-6,13,17,20H,7H2,(H,16,19,21). The Labute approximate surface area is 119 Å². The van der Waals surface area contributed by atoms with Crippen LogP contribution in [0.1, 0.15) is 5.56 Å². The van der Waals surface area contributed by atoms with Crippen LogP contribution < -0.4 is 10.7 Å². The number of nitrogens with one attached hydrogen (secondary N) is 2. The van der Waals surface area contributed by atoms with E-state index >= 15 is 0 Å². The molecule has 1 saturated heterocycles. The average Bonchev–Trinajstić information content (AvgIpc) is 2.46. The average molecular weight is 289 g/mol. The molecular weight excluding hydrogens is 277 g/mol. The van der Waals surface area contributed by atoms with Crippen LogP contribution >= 0.6 is 0 Å². The number of urea groups is 1. The summed E-state index contributed by atoms with van der Waals surface area (Å²) in [7, 11) is 0. The van der Waals surface area contributed by atoms with E-state index in [0.29, 0.717) is 16.3 Å². The summed E-state index contributed by atoms with van der Waals surface area (Å²) >= 11 is 0. The van der Waals surface area contributed by atoms with Gasteiger partial charge in [0.05, 0.1) is 6.54 Å². The number of hydrogen-bond donors (Lipinski definition) is 3. The van der Waals surface area contributed by atoms with E-state index in [1.54, 1.807) is 30.3 Å². The summed E-state index contributed by atoms with van der Waals surface area (Å²) < 4.78 is 13.7. The topological polar surface area (TPSA) is 81.7 Å². The van der Waals surface area contributed by atoms with Crippen molar-refractivity contribution in [2.75, 3.05) is 0 Å². The van der Waals surface area contributed by atoms with Crippen molar-refractivity contribution in [1.29, 1.82) is 0 Å². The Morgan fingerprint density at radius 1 is 1.14 bits per heavy atom. The summed E-state index contributed by atoms with van der Waals surface area (Å²) in [6, 6.07) is 9.11. The lowest BCUT2D eigenvalue weighted by Gasteiger charge is -2.30. The molecule has 0 radical (unpaired) electrons. The van der Waals surface area contributed by atoms with Crippen LogP contribution in [0.3, 0.4) is 0 Å². The maximum Gasteiger partial charge on any atom is 0.338 e. The zero-order chi connectivity index (χ0) is 15.0. The number of imide groups is 1. The lowest BCUT2D eigenvalue weighted by atomic mass is 10.0. The van der Waals surface area contributed by atoms with Gasteiger partial charge in [-0.25, -0.2) is 9.18 Å². The van der Waals surface area contributed by atoms with E-state index in [0.717, 1.165) is 5.01 Å². The molecule has 6 nitrogen and oxygen atoms in total. The van der Waals surface area contributed by atoms with Gasteiger partial charge in [0.1, 0.15) is 5.82 Å². The normalized spacial score (nSPS) is 19.0. The molecule has 0 spiro atoms. The number of amides is 3. The van der Waals surface area contributed by atoms with Crippen molar-refractivity contribution < 1.29 is 19.1 Å². The first-order chi connectivity index (χ1) is 10.1. The summed E-state index contributed by atoms with van der Waals surface area (Å²) in [5.74, 6) is -1.15. The number of carbonyl (C=O) groups is 2. The highest BCUT2D eigenvalue weighted by atomic mass is 19.1.